The zero-order valence-electron chi connectivity index (χ0n) is 18.1. The van der Waals surface area contributed by atoms with Crippen LogP contribution >= 0.6 is 0 Å². The summed E-state index contributed by atoms with van der Waals surface area (Å²) in [5.74, 6) is 0.125. The summed E-state index contributed by atoms with van der Waals surface area (Å²) in [4.78, 5) is 23.2. The number of aliphatic hydroxyl groups excluding tert-OH is 1. The maximum absolute atomic E-state index is 12.6. The molecule has 0 radical (unpaired) electrons. The van der Waals surface area contributed by atoms with Crippen molar-refractivity contribution in [3.05, 3.63) is 70.4 Å². The normalized spacial score (nSPS) is 21.7. The highest BCUT2D eigenvalue weighted by atomic mass is 16.3. The van der Waals surface area contributed by atoms with Crippen molar-refractivity contribution in [2.45, 2.75) is 66.9 Å². The highest BCUT2D eigenvalue weighted by Gasteiger charge is 2.33. The summed E-state index contributed by atoms with van der Waals surface area (Å²) in [5.41, 5.74) is 4.62. The third-order valence-corrected chi connectivity index (χ3v) is 5.12. The number of carbonyl (C=O) groups is 2. The number of aliphatic hydroxyl groups is 1. The Morgan fingerprint density at radius 3 is 2.25 bits per heavy atom. The molecule has 0 spiro atoms. The van der Waals surface area contributed by atoms with Crippen LogP contribution in [0.1, 0.15) is 60.8 Å². The van der Waals surface area contributed by atoms with Crippen LogP contribution < -0.4 is 0 Å². The predicted octanol–water partition coefficient (Wildman–Crippen LogP) is 5.59. The zero-order valence-corrected chi connectivity index (χ0v) is 18.1. The van der Waals surface area contributed by atoms with Crippen molar-refractivity contribution in [3.8, 4) is 0 Å². The maximum Gasteiger partial charge on any atom is 0.162 e. The molecule has 0 unspecified atom stereocenters. The first-order valence-electron chi connectivity index (χ1n) is 9.79. The highest BCUT2D eigenvalue weighted by molar-refractivity contribution is 5.96. The number of carbonyl (C=O) groups excluding carboxylic acids is 2. The molecule has 0 heterocycles. The molecule has 152 valence electrons. The predicted molar refractivity (Wildman–Crippen MR) is 117 cm³/mol. The van der Waals surface area contributed by atoms with Crippen LogP contribution in [0.15, 0.2) is 70.4 Å². The lowest BCUT2D eigenvalue weighted by Crippen LogP contribution is -2.30. The second-order valence-electron chi connectivity index (χ2n) is 8.34. The van der Waals surface area contributed by atoms with Gasteiger partial charge in [0.2, 0.25) is 0 Å². The monoisotopic (exact) mass is 382 g/mol. The minimum Gasteiger partial charge on any atom is -0.393 e. The average Bonchev–Trinajstić information content (AvgIpc) is 2.60. The molecule has 1 rings (SSSR count). The van der Waals surface area contributed by atoms with Crippen molar-refractivity contribution in [2.24, 2.45) is 5.41 Å². The van der Waals surface area contributed by atoms with E-state index in [4.69, 9.17) is 0 Å². The maximum atomic E-state index is 12.6. The van der Waals surface area contributed by atoms with Gasteiger partial charge in [-0.05, 0) is 57.1 Å². The van der Waals surface area contributed by atoms with E-state index in [0.717, 1.165) is 23.0 Å². The van der Waals surface area contributed by atoms with Gasteiger partial charge < -0.3 is 5.11 Å². The van der Waals surface area contributed by atoms with Crippen LogP contribution in [0.25, 0.3) is 0 Å². The number of allylic oxidation sites excluding steroid dienone is 11. The van der Waals surface area contributed by atoms with Crippen LogP contribution in [0.5, 0.6) is 0 Å². The molecule has 3 nitrogen and oxygen atoms in total. The molecule has 0 aliphatic heterocycles. The topological polar surface area (TPSA) is 54.4 Å². The van der Waals surface area contributed by atoms with Gasteiger partial charge >= 0.3 is 0 Å². The summed E-state index contributed by atoms with van der Waals surface area (Å²) in [7, 11) is 0. The summed E-state index contributed by atoms with van der Waals surface area (Å²) < 4.78 is 0. The Labute approximate surface area is 169 Å². The molecular formula is C25H34O3. The van der Waals surface area contributed by atoms with Gasteiger partial charge in [0.05, 0.1) is 6.10 Å². The van der Waals surface area contributed by atoms with Crippen LogP contribution in [-0.4, -0.2) is 23.3 Å². The second kappa shape index (κ2) is 10.9. The fraction of sp³-hybridized carbons (Fsp3) is 0.440. The van der Waals surface area contributed by atoms with Crippen LogP contribution in [0.4, 0.5) is 0 Å². The lowest BCUT2D eigenvalue weighted by Gasteiger charge is -2.37. The molecule has 0 saturated heterocycles. The molecule has 28 heavy (non-hydrogen) atoms. The zero-order chi connectivity index (χ0) is 21.3. The fourth-order valence-corrected chi connectivity index (χ4v) is 3.48. The average molecular weight is 383 g/mol. The van der Waals surface area contributed by atoms with E-state index in [9.17, 15) is 14.7 Å². The second-order valence-corrected chi connectivity index (χ2v) is 8.34. The summed E-state index contributed by atoms with van der Waals surface area (Å²) in [5, 5.41) is 9.99. The number of Topliss-reactive ketones (excluding diaryl/α,β-unsaturated/α-hetero) is 1. The molecule has 0 aromatic carbocycles. The fourth-order valence-electron chi connectivity index (χ4n) is 3.48. The Kier molecular flexibility index (Phi) is 9.27. The lowest BCUT2D eigenvalue weighted by molar-refractivity contribution is -0.115. The molecule has 0 bridgehead atoms. The molecule has 3 heteroatoms. The third-order valence-electron chi connectivity index (χ3n) is 5.12. The quantitative estimate of drug-likeness (QED) is 0.257. The largest absolute Gasteiger partial charge is 0.393 e. The SMILES string of the molecule is CC1=C(CC(=O)/C(C)=C/C=C/C(C)=C/C=C/C=C(\C)C=O)C(C)(C)C[C@H](O)C1. The first-order valence-corrected chi connectivity index (χ1v) is 9.79. The molecule has 0 saturated carbocycles. The Balaban J connectivity index is 2.75. The molecule has 0 fully saturated rings. The molecule has 0 aromatic rings. The van der Waals surface area contributed by atoms with E-state index in [1.54, 1.807) is 13.0 Å². The van der Waals surface area contributed by atoms with Crippen LogP contribution in [0.3, 0.4) is 0 Å². The first kappa shape index (κ1) is 23.8. The van der Waals surface area contributed by atoms with Gasteiger partial charge in [0, 0.05) is 6.42 Å². The van der Waals surface area contributed by atoms with Crippen molar-refractivity contribution in [3.63, 3.8) is 0 Å². The van der Waals surface area contributed by atoms with Crippen molar-refractivity contribution in [2.75, 3.05) is 0 Å². The van der Waals surface area contributed by atoms with E-state index in [1.807, 2.05) is 57.2 Å². The van der Waals surface area contributed by atoms with Gasteiger partial charge in [-0.25, -0.2) is 0 Å². The van der Waals surface area contributed by atoms with Gasteiger partial charge in [0.1, 0.15) is 6.29 Å². The van der Waals surface area contributed by atoms with Crippen LogP contribution in [-0.2, 0) is 9.59 Å². The van der Waals surface area contributed by atoms with E-state index < -0.39 is 0 Å². The van der Waals surface area contributed by atoms with Gasteiger partial charge in [-0.3, -0.25) is 9.59 Å². The summed E-state index contributed by atoms with van der Waals surface area (Å²) in [6.45, 7) is 11.8. The third kappa shape index (κ3) is 7.77. The smallest absolute Gasteiger partial charge is 0.162 e. The molecule has 1 aliphatic carbocycles. The van der Waals surface area contributed by atoms with E-state index in [-0.39, 0.29) is 17.3 Å². The molecule has 0 amide bonds. The van der Waals surface area contributed by atoms with Gasteiger partial charge in [-0.1, -0.05) is 73.1 Å². The summed E-state index contributed by atoms with van der Waals surface area (Å²) in [6.07, 6.45) is 15.4. The molecular weight excluding hydrogens is 348 g/mol. The Morgan fingerprint density at radius 2 is 1.68 bits per heavy atom. The van der Waals surface area contributed by atoms with Crippen LogP contribution in [0, 0.1) is 5.41 Å². The van der Waals surface area contributed by atoms with Crippen molar-refractivity contribution < 1.29 is 14.7 Å². The van der Waals surface area contributed by atoms with Gasteiger partial charge in [0.15, 0.2) is 5.78 Å². The summed E-state index contributed by atoms with van der Waals surface area (Å²) in [6, 6.07) is 0. The van der Waals surface area contributed by atoms with Crippen molar-refractivity contribution in [1.29, 1.82) is 0 Å². The van der Waals surface area contributed by atoms with Gasteiger partial charge in [-0.15, -0.1) is 0 Å². The van der Waals surface area contributed by atoms with E-state index in [1.165, 1.54) is 5.57 Å². The number of rotatable bonds is 8. The first-order chi connectivity index (χ1) is 13.1. The number of hydrogen-bond acceptors (Lipinski definition) is 3. The molecule has 1 N–H and O–H groups in total. The minimum atomic E-state index is -0.310. The van der Waals surface area contributed by atoms with Crippen LogP contribution in [0.2, 0.25) is 0 Å². The Bertz CT molecular complexity index is 768. The Hall–Kier alpha value is -2.26. The molecule has 1 aliphatic rings. The van der Waals surface area contributed by atoms with Crippen molar-refractivity contribution >= 4 is 12.1 Å². The summed E-state index contributed by atoms with van der Waals surface area (Å²) >= 11 is 0. The van der Waals surface area contributed by atoms with Crippen molar-refractivity contribution in [1.82, 2.24) is 0 Å². The number of ketones is 1. The van der Waals surface area contributed by atoms with Gasteiger partial charge in [0.25, 0.3) is 0 Å². The molecule has 1 atom stereocenters. The highest BCUT2D eigenvalue weighted by Crippen LogP contribution is 2.42. The number of aldehydes is 1. The van der Waals surface area contributed by atoms with E-state index in [0.29, 0.717) is 24.8 Å². The number of hydrogen-bond donors (Lipinski definition) is 1. The standard InChI is InChI=1S/C25H34O3/c1-18(10-7-8-11-19(2)17-26)12-9-13-20(3)24(28)15-23-21(4)14-22(27)16-25(23,5)6/h7-13,17,22,27H,14-16H2,1-6H3/b8-7+,12-9+,18-10+,19-11+,20-13+/t22-/m1/s1. The lowest BCUT2D eigenvalue weighted by atomic mass is 9.70. The Morgan fingerprint density at radius 1 is 1.07 bits per heavy atom. The van der Waals surface area contributed by atoms with E-state index >= 15 is 0 Å². The van der Waals surface area contributed by atoms with Gasteiger partial charge in [-0.2, -0.15) is 0 Å². The minimum absolute atomic E-state index is 0.125. The molecule has 0 aromatic heterocycles. The van der Waals surface area contributed by atoms with E-state index in [2.05, 4.69) is 13.8 Å².